The number of hydrogen-bond acceptors (Lipinski definition) is 5. The molecule has 2 unspecified atom stereocenters. The van der Waals surface area contributed by atoms with Gasteiger partial charge >= 0.3 is 5.97 Å². The first-order chi connectivity index (χ1) is 47.5. The van der Waals surface area contributed by atoms with Crippen molar-refractivity contribution in [2.45, 2.75) is 488 Å². The van der Waals surface area contributed by atoms with E-state index in [4.69, 9.17) is 4.74 Å². The highest BCUT2D eigenvalue weighted by Gasteiger charge is 2.18. The van der Waals surface area contributed by atoms with E-state index in [1.54, 1.807) is 6.08 Å². The second-order valence-electron chi connectivity index (χ2n) is 29.9. The second-order valence-corrected chi connectivity index (χ2v) is 29.9. The standard InChI is InChI=1S/C90H169NO5/c1-3-5-7-9-11-13-15-17-19-21-22-23-24-42-45-48-51-54-58-62-66-70-74-78-82-88(93)87(86-92)91-89(94)83-79-75-71-67-63-59-55-52-49-46-43-40-38-36-34-32-30-28-26-25-27-29-31-33-35-37-39-41-44-47-50-53-57-61-65-69-73-77-81-85-96-90(95)84-80-76-72-68-64-60-56-20-18-16-14-12-10-8-6-4-2/h14,16,20,25-26,29,31,56,78,82,87-88,92-93H,3-13,15,17-19,21-24,27-28,30,32-55,57-77,79-81,83-86H2,1-2H3,(H,91,94)/b16-14-,26-25-,31-29-,56-20-,82-78+. The van der Waals surface area contributed by atoms with Crippen molar-refractivity contribution in [3.63, 3.8) is 0 Å². The maximum Gasteiger partial charge on any atom is 0.305 e. The van der Waals surface area contributed by atoms with Crippen molar-refractivity contribution in [2.75, 3.05) is 13.2 Å². The Morgan fingerprint density at radius 2 is 0.521 bits per heavy atom. The van der Waals surface area contributed by atoms with Gasteiger partial charge in [-0.25, -0.2) is 0 Å². The molecule has 3 N–H and O–H groups in total. The number of esters is 1. The maximum atomic E-state index is 12.6. The SMILES string of the molecule is CCCCCC/C=C\C/C=C\CCCCCCCC(=O)OCCCCCCCCCCCCCCCCC/C=C\C/C=C\CCCCCCCCCCCCCCCCCCCC(=O)NC(CO)C(O)/C=C/CCCCCCCCCCCCCCCCCCCCCCCC. The van der Waals surface area contributed by atoms with Crippen LogP contribution in [-0.4, -0.2) is 47.4 Å². The Kier molecular flexibility index (Phi) is 82.8. The first-order valence-corrected chi connectivity index (χ1v) is 43.6. The molecule has 0 saturated heterocycles. The first kappa shape index (κ1) is 93.6. The summed E-state index contributed by atoms with van der Waals surface area (Å²) >= 11 is 0. The lowest BCUT2D eigenvalue weighted by Crippen LogP contribution is -2.45. The lowest BCUT2D eigenvalue weighted by Gasteiger charge is -2.20. The smallest absolute Gasteiger partial charge is 0.305 e. The van der Waals surface area contributed by atoms with Crippen LogP contribution in [-0.2, 0) is 14.3 Å². The number of amides is 1. The van der Waals surface area contributed by atoms with Crippen LogP contribution in [0.5, 0.6) is 0 Å². The van der Waals surface area contributed by atoms with Crippen LogP contribution in [0.4, 0.5) is 0 Å². The van der Waals surface area contributed by atoms with Crippen molar-refractivity contribution < 1.29 is 24.5 Å². The Bertz CT molecular complexity index is 1650. The topological polar surface area (TPSA) is 95.9 Å². The van der Waals surface area contributed by atoms with E-state index in [9.17, 15) is 19.8 Å². The van der Waals surface area contributed by atoms with Gasteiger partial charge in [0.1, 0.15) is 0 Å². The zero-order chi connectivity index (χ0) is 69.1. The number of rotatable bonds is 82. The number of carbonyl (C=O) groups is 2. The van der Waals surface area contributed by atoms with E-state index >= 15 is 0 Å². The van der Waals surface area contributed by atoms with E-state index < -0.39 is 12.1 Å². The minimum atomic E-state index is -0.845. The lowest BCUT2D eigenvalue weighted by atomic mass is 10.0. The van der Waals surface area contributed by atoms with Gasteiger partial charge in [0.25, 0.3) is 0 Å². The summed E-state index contributed by atoms with van der Waals surface area (Å²) in [5.74, 6) is -0.0530. The zero-order valence-electron chi connectivity index (χ0n) is 64.9. The molecule has 0 aliphatic heterocycles. The maximum absolute atomic E-state index is 12.6. The van der Waals surface area contributed by atoms with Crippen molar-refractivity contribution in [3.05, 3.63) is 60.8 Å². The second kappa shape index (κ2) is 85.0. The average Bonchev–Trinajstić information content (AvgIpc) is 2.37. The van der Waals surface area contributed by atoms with Crippen LogP contribution in [0, 0.1) is 0 Å². The molecule has 0 aromatic heterocycles. The number of aliphatic hydroxyl groups excluding tert-OH is 2. The van der Waals surface area contributed by atoms with Crippen molar-refractivity contribution in [1.82, 2.24) is 5.32 Å². The third-order valence-electron chi connectivity index (χ3n) is 20.3. The molecule has 0 rings (SSSR count). The molecule has 0 spiro atoms. The Labute approximate surface area is 600 Å². The molecule has 0 aliphatic rings. The van der Waals surface area contributed by atoms with Crippen LogP contribution in [0.25, 0.3) is 0 Å². The summed E-state index contributed by atoms with van der Waals surface area (Å²) in [6.07, 6.45) is 115. The molecule has 0 aromatic rings. The predicted octanol–water partition coefficient (Wildman–Crippen LogP) is 29.3. The monoisotopic (exact) mass is 1340 g/mol. The van der Waals surface area contributed by atoms with Crippen molar-refractivity contribution in [1.29, 1.82) is 0 Å². The first-order valence-electron chi connectivity index (χ1n) is 43.6. The van der Waals surface area contributed by atoms with Crippen LogP contribution < -0.4 is 5.32 Å². The summed E-state index contributed by atoms with van der Waals surface area (Å²) in [7, 11) is 0. The molecule has 0 aromatic carbocycles. The number of nitrogens with one attached hydrogen (secondary N) is 1. The fourth-order valence-electron chi connectivity index (χ4n) is 13.6. The van der Waals surface area contributed by atoms with Gasteiger partial charge in [0, 0.05) is 12.8 Å². The predicted molar refractivity (Wildman–Crippen MR) is 425 cm³/mol. The average molecular weight is 1350 g/mol. The van der Waals surface area contributed by atoms with Crippen LogP contribution in [0.2, 0.25) is 0 Å². The van der Waals surface area contributed by atoms with Gasteiger partial charge in [-0.05, 0) is 96.3 Å². The molecular weight excluding hydrogens is 1170 g/mol. The van der Waals surface area contributed by atoms with Crippen molar-refractivity contribution in [2.24, 2.45) is 0 Å². The molecule has 0 radical (unpaired) electrons. The minimum Gasteiger partial charge on any atom is -0.466 e. The third kappa shape index (κ3) is 80.5. The van der Waals surface area contributed by atoms with Gasteiger partial charge in [0.2, 0.25) is 5.91 Å². The van der Waals surface area contributed by atoms with Crippen LogP contribution >= 0.6 is 0 Å². The van der Waals surface area contributed by atoms with E-state index in [2.05, 4.69) is 67.8 Å². The highest BCUT2D eigenvalue weighted by molar-refractivity contribution is 5.76. The summed E-state index contributed by atoms with van der Waals surface area (Å²) < 4.78 is 5.50. The van der Waals surface area contributed by atoms with Gasteiger partial charge < -0.3 is 20.3 Å². The highest BCUT2D eigenvalue weighted by atomic mass is 16.5. The summed E-state index contributed by atoms with van der Waals surface area (Å²) in [5, 5.41) is 23.3. The number of unbranched alkanes of at least 4 members (excludes halogenated alkanes) is 63. The molecule has 0 heterocycles. The molecule has 2 atom stereocenters. The van der Waals surface area contributed by atoms with Crippen LogP contribution in [0.1, 0.15) is 476 Å². The van der Waals surface area contributed by atoms with Crippen molar-refractivity contribution >= 4 is 11.9 Å². The molecule has 0 bridgehead atoms. The fourth-order valence-corrected chi connectivity index (χ4v) is 13.6. The Morgan fingerprint density at radius 1 is 0.292 bits per heavy atom. The molecule has 0 aliphatic carbocycles. The number of ether oxygens (including phenoxy) is 1. The number of allylic oxidation sites excluding steroid dienone is 9. The molecule has 0 saturated carbocycles. The molecule has 6 nitrogen and oxygen atoms in total. The van der Waals surface area contributed by atoms with E-state index in [0.717, 1.165) is 57.8 Å². The van der Waals surface area contributed by atoms with Gasteiger partial charge in [0.05, 0.1) is 25.4 Å². The molecule has 0 fully saturated rings. The van der Waals surface area contributed by atoms with E-state index in [0.29, 0.717) is 19.4 Å². The van der Waals surface area contributed by atoms with Crippen LogP contribution in [0.15, 0.2) is 60.8 Å². The number of hydrogen-bond donors (Lipinski definition) is 3. The van der Waals surface area contributed by atoms with Crippen molar-refractivity contribution in [3.8, 4) is 0 Å². The van der Waals surface area contributed by atoms with Gasteiger partial charge in [0.15, 0.2) is 0 Å². The summed E-state index contributed by atoms with van der Waals surface area (Å²) in [5.41, 5.74) is 0. The summed E-state index contributed by atoms with van der Waals surface area (Å²) in [4.78, 5) is 24.7. The number of aliphatic hydroxyl groups is 2. The van der Waals surface area contributed by atoms with E-state index in [1.165, 1.54) is 392 Å². The molecule has 96 heavy (non-hydrogen) atoms. The minimum absolute atomic E-state index is 0.00705. The van der Waals surface area contributed by atoms with E-state index in [-0.39, 0.29) is 18.5 Å². The third-order valence-corrected chi connectivity index (χ3v) is 20.3. The largest absolute Gasteiger partial charge is 0.466 e. The Hall–Kier alpha value is -2.44. The molecule has 1 amide bonds. The highest BCUT2D eigenvalue weighted by Crippen LogP contribution is 2.20. The summed E-state index contributed by atoms with van der Waals surface area (Å²) in [6.45, 7) is 4.93. The van der Waals surface area contributed by atoms with Crippen LogP contribution in [0.3, 0.4) is 0 Å². The Balaban J connectivity index is 3.38. The quantitative estimate of drug-likeness (QED) is 0.0320. The summed E-state index contributed by atoms with van der Waals surface area (Å²) in [6, 6.07) is -0.628. The Morgan fingerprint density at radius 3 is 0.802 bits per heavy atom. The van der Waals surface area contributed by atoms with E-state index in [1.807, 2.05) is 6.08 Å². The van der Waals surface area contributed by atoms with Gasteiger partial charge in [-0.15, -0.1) is 0 Å². The van der Waals surface area contributed by atoms with Gasteiger partial charge in [-0.2, -0.15) is 0 Å². The lowest BCUT2D eigenvalue weighted by molar-refractivity contribution is -0.143. The molecular formula is C90H169NO5. The zero-order valence-corrected chi connectivity index (χ0v) is 64.9. The number of carbonyl (C=O) groups excluding carboxylic acids is 2. The molecule has 6 heteroatoms. The normalized spacial score (nSPS) is 12.8. The molecule has 564 valence electrons. The fraction of sp³-hybridized carbons (Fsp3) is 0.867. The van der Waals surface area contributed by atoms with Gasteiger partial charge in [-0.3, -0.25) is 9.59 Å². The van der Waals surface area contributed by atoms with Gasteiger partial charge in [-0.1, -0.05) is 428 Å².